The lowest BCUT2D eigenvalue weighted by Gasteiger charge is -2.25. The van der Waals surface area contributed by atoms with Crippen LogP contribution in [-0.2, 0) is 4.74 Å². The lowest BCUT2D eigenvalue weighted by Crippen LogP contribution is -2.34. The number of morpholine rings is 1. The van der Waals surface area contributed by atoms with Crippen molar-refractivity contribution in [3.05, 3.63) is 31.8 Å². The zero-order chi connectivity index (χ0) is 9.97. The summed E-state index contributed by atoms with van der Waals surface area (Å²) in [6.45, 7) is 2.53. The van der Waals surface area contributed by atoms with Crippen LogP contribution in [0.4, 0.5) is 0 Å². The summed E-state index contributed by atoms with van der Waals surface area (Å²) in [6, 6.07) is 6.69. The SMILES string of the molecule is Brc1ccc(I)c([C@H]2COCCN2)c1. The fraction of sp³-hybridized carbons (Fsp3) is 0.400. The minimum absolute atomic E-state index is 0.341. The number of ether oxygens (including phenoxy) is 1. The van der Waals surface area contributed by atoms with Gasteiger partial charge in [0.05, 0.1) is 19.3 Å². The smallest absolute Gasteiger partial charge is 0.0662 e. The second-order valence-corrected chi connectivity index (χ2v) is 5.33. The van der Waals surface area contributed by atoms with Crippen molar-refractivity contribution in [3.8, 4) is 0 Å². The van der Waals surface area contributed by atoms with E-state index in [0.29, 0.717) is 6.04 Å². The number of rotatable bonds is 1. The molecule has 76 valence electrons. The lowest BCUT2D eigenvalue weighted by atomic mass is 10.1. The molecule has 1 N–H and O–H groups in total. The van der Waals surface area contributed by atoms with E-state index in [9.17, 15) is 0 Å². The third kappa shape index (κ3) is 2.48. The first kappa shape index (κ1) is 10.9. The summed E-state index contributed by atoms with van der Waals surface area (Å²) in [7, 11) is 0. The Hall–Kier alpha value is 0.350. The van der Waals surface area contributed by atoms with Crippen LogP contribution in [-0.4, -0.2) is 19.8 Å². The Labute approximate surface area is 106 Å². The van der Waals surface area contributed by atoms with Crippen LogP contribution in [0.5, 0.6) is 0 Å². The number of halogens is 2. The van der Waals surface area contributed by atoms with E-state index in [-0.39, 0.29) is 0 Å². The highest BCUT2D eigenvalue weighted by Crippen LogP contribution is 2.25. The largest absolute Gasteiger partial charge is 0.378 e. The van der Waals surface area contributed by atoms with Crippen molar-refractivity contribution in [2.24, 2.45) is 0 Å². The van der Waals surface area contributed by atoms with Gasteiger partial charge in [0.1, 0.15) is 0 Å². The molecule has 1 aromatic rings. The minimum atomic E-state index is 0.341. The third-order valence-corrected chi connectivity index (χ3v) is 3.73. The molecule has 1 atom stereocenters. The van der Waals surface area contributed by atoms with E-state index in [1.54, 1.807) is 0 Å². The molecule has 0 amide bonds. The monoisotopic (exact) mass is 367 g/mol. The molecule has 1 aromatic carbocycles. The summed E-state index contributed by atoms with van der Waals surface area (Å²) in [5, 5.41) is 3.45. The molecule has 0 bridgehead atoms. The highest BCUT2D eigenvalue weighted by atomic mass is 127. The molecule has 1 aliphatic rings. The zero-order valence-electron chi connectivity index (χ0n) is 7.59. The summed E-state index contributed by atoms with van der Waals surface area (Å²) in [5.74, 6) is 0. The molecule has 1 fully saturated rings. The molecule has 1 saturated heterocycles. The summed E-state index contributed by atoms with van der Waals surface area (Å²) in [4.78, 5) is 0. The van der Waals surface area contributed by atoms with Crippen molar-refractivity contribution in [1.29, 1.82) is 0 Å². The average molecular weight is 368 g/mol. The van der Waals surface area contributed by atoms with Crippen LogP contribution in [0.1, 0.15) is 11.6 Å². The van der Waals surface area contributed by atoms with Gasteiger partial charge in [0.2, 0.25) is 0 Å². The van der Waals surface area contributed by atoms with E-state index in [1.807, 2.05) is 0 Å². The Kier molecular flexibility index (Phi) is 3.81. The molecule has 0 aliphatic carbocycles. The molecule has 0 saturated carbocycles. The van der Waals surface area contributed by atoms with Gasteiger partial charge in [-0.3, -0.25) is 0 Å². The standard InChI is InChI=1S/C10H11BrINO/c11-7-1-2-9(12)8(5-7)10-6-14-4-3-13-10/h1-2,5,10,13H,3-4,6H2/t10-/m1/s1. The Bertz CT molecular complexity index is 326. The third-order valence-electron chi connectivity index (χ3n) is 2.26. The van der Waals surface area contributed by atoms with Gasteiger partial charge in [-0.2, -0.15) is 0 Å². The molecule has 2 rings (SSSR count). The Morgan fingerprint density at radius 2 is 2.36 bits per heavy atom. The molecule has 0 unspecified atom stereocenters. The summed E-state index contributed by atoms with van der Waals surface area (Å²) >= 11 is 5.85. The van der Waals surface area contributed by atoms with Gasteiger partial charge in [-0.1, -0.05) is 15.9 Å². The van der Waals surface area contributed by atoms with E-state index < -0.39 is 0 Å². The second kappa shape index (κ2) is 4.92. The summed E-state index contributed by atoms with van der Waals surface area (Å²) in [5.41, 5.74) is 1.32. The predicted octanol–water partition coefficient (Wildman–Crippen LogP) is 2.71. The van der Waals surface area contributed by atoms with E-state index in [0.717, 1.165) is 24.2 Å². The van der Waals surface area contributed by atoms with Gasteiger partial charge < -0.3 is 10.1 Å². The maximum Gasteiger partial charge on any atom is 0.0662 e. The predicted molar refractivity (Wildman–Crippen MR) is 68.4 cm³/mol. The van der Waals surface area contributed by atoms with E-state index >= 15 is 0 Å². The van der Waals surface area contributed by atoms with Gasteiger partial charge in [0.25, 0.3) is 0 Å². The van der Waals surface area contributed by atoms with Crippen LogP contribution >= 0.6 is 38.5 Å². The van der Waals surface area contributed by atoms with Crippen molar-refractivity contribution < 1.29 is 4.74 Å². The van der Waals surface area contributed by atoms with Gasteiger partial charge >= 0.3 is 0 Å². The Balaban J connectivity index is 2.24. The Morgan fingerprint density at radius 1 is 1.50 bits per heavy atom. The van der Waals surface area contributed by atoms with E-state index in [4.69, 9.17) is 4.74 Å². The van der Waals surface area contributed by atoms with Gasteiger partial charge in [-0.25, -0.2) is 0 Å². The van der Waals surface area contributed by atoms with Crippen LogP contribution in [0.25, 0.3) is 0 Å². The second-order valence-electron chi connectivity index (χ2n) is 3.25. The van der Waals surface area contributed by atoms with E-state index in [2.05, 4.69) is 62.0 Å². The van der Waals surface area contributed by atoms with Crippen molar-refractivity contribution in [2.75, 3.05) is 19.8 Å². The Morgan fingerprint density at radius 3 is 3.07 bits per heavy atom. The molecule has 2 nitrogen and oxygen atoms in total. The number of hydrogen-bond acceptors (Lipinski definition) is 2. The molecule has 4 heteroatoms. The normalized spacial score (nSPS) is 22.3. The molecule has 0 spiro atoms. The van der Waals surface area contributed by atoms with Crippen molar-refractivity contribution >= 4 is 38.5 Å². The minimum Gasteiger partial charge on any atom is -0.378 e. The first-order valence-electron chi connectivity index (χ1n) is 4.53. The highest BCUT2D eigenvalue weighted by Gasteiger charge is 2.17. The fourth-order valence-corrected chi connectivity index (χ4v) is 2.64. The maximum atomic E-state index is 5.45. The molecular weight excluding hydrogens is 357 g/mol. The number of benzene rings is 1. The topological polar surface area (TPSA) is 21.3 Å². The van der Waals surface area contributed by atoms with Crippen molar-refractivity contribution in [1.82, 2.24) is 5.32 Å². The molecule has 1 heterocycles. The van der Waals surface area contributed by atoms with Crippen molar-refractivity contribution in [2.45, 2.75) is 6.04 Å². The molecule has 14 heavy (non-hydrogen) atoms. The first-order chi connectivity index (χ1) is 6.77. The van der Waals surface area contributed by atoms with Crippen LogP contribution in [0, 0.1) is 3.57 Å². The van der Waals surface area contributed by atoms with Gasteiger partial charge in [0, 0.05) is 14.6 Å². The molecule has 0 radical (unpaired) electrons. The van der Waals surface area contributed by atoms with Crippen LogP contribution in [0.2, 0.25) is 0 Å². The van der Waals surface area contributed by atoms with Crippen LogP contribution in [0.3, 0.4) is 0 Å². The van der Waals surface area contributed by atoms with Crippen molar-refractivity contribution in [3.63, 3.8) is 0 Å². The van der Waals surface area contributed by atoms with E-state index in [1.165, 1.54) is 9.13 Å². The number of hydrogen-bond donors (Lipinski definition) is 1. The van der Waals surface area contributed by atoms with Gasteiger partial charge in [-0.15, -0.1) is 0 Å². The summed E-state index contributed by atoms with van der Waals surface area (Å²) in [6.07, 6.45) is 0. The molecule has 1 aliphatic heterocycles. The van der Waals surface area contributed by atoms with Gasteiger partial charge in [-0.05, 0) is 46.4 Å². The quantitative estimate of drug-likeness (QED) is 0.770. The molecular formula is C10H11BrINO. The fourth-order valence-electron chi connectivity index (χ4n) is 1.55. The molecule has 0 aromatic heterocycles. The lowest BCUT2D eigenvalue weighted by molar-refractivity contribution is 0.0766. The van der Waals surface area contributed by atoms with Crippen LogP contribution in [0.15, 0.2) is 22.7 Å². The highest BCUT2D eigenvalue weighted by molar-refractivity contribution is 14.1. The maximum absolute atomic E-state index is 5.45. The average Bonchev–Trinajstić information content (AvgIpc) is 2.23. The zero-order valence-corrected chi connectivity index (χ0v) is 11.3. The van der Waals surface area contributed by atoms with Crippen LogP contribution < -0.4 is 5.32 Å². The number of nitrogens with one attached hydrogen (secondary N) is 1. The first-order valence-corrected chi connectivity index (χ1v) is 6.40. The van der Waals surface area contributed by atoms with Gasteiger partial charge in [0.15, 0.2) is 0 Å². The summed E-state index contributed by atoms with van der Waals surface area (Å²) < 4.78 is 7.86.